The highest BCUT2D eigenvalue weighted by Gasteiger charge is 2.06. The molecule has 0 bridgehead atoms. The van der Waals surface area contributed by atoms with E-state index in [1.807, 2.05) is 0 Å². The molecule has 1 aromatic carbocycles. The molecule has 0 saturated heterocycles. The van der Waals surface area contributed by atoms with Gasteiger partial charge < -0.3 is 5.11 Å². The van der Waals surface area contributed by atoms with Crippen LogP contribution in [0, 0.1) is 11.6 Å². The molecule has 0 heterocycles. The third-order valence-corrected chi connectivity index (χ3v) is 1.57. The number of carbonyl (C=O) groups is 1. The molecule has 0 aliphatic heterocycles. The predicted molar refractivity (Wildman–Crippen MR) is 47.7 cm³/mol. The molecule has 0 unspecified atom stereocenters. The van der Waals surface area contributed by atoms with Gasteiger partial charge in [0.05, 0.1) is 0 Å². The minimum atomic E-state index is -1.12. The maximum atomic E-state index is 12.7. The summed E-state index contributed by atoms with van der Waals surface area (Å²) in [6, 6.07) is 1.49. The van der Waals surface area contributed by atoms with Crippen LogP contribution >= 0.6 is 0 Å². The van der Waals surface area contributed by atoms with Crippen LogP contribution in [0.5, 0.6) is 5.75 Å². The zero-order valence-corrected chi connectivity index (χ0v) is 7.42. The number of halogens is 2. The summed E-state index contributed by atoms with van der Waals surface area (Å²) < 4.78 is 25.2. The summed E-state index contributed by atoms with van der Waals surface area (Å²) in [4.78, 5) is 10.5. The first-order valence-electron chi connectivity index (χ1n) is 3.87. The fourth-order valence-corrected chi connectivity index (χ4v) is 0.892. The van der Waals surface area contributed by atoms with E-state index in [-0.39, 0.29) is 11.3 Å². The van der Waals surface area contributed by atoms with Crippen molar-refractivity contribution in [2.45, 2.75) is 6.92 Å². The van der Waals surface area contributed by atoms with E-state index in [4.69, 9.17) is 5.11 Å². The van der Waals surface area contributed by atoms with Crippen molar-refractivity contribution >= 4 is 11.9 Å². The molecule has 0 aliphatic rings. The third kappa shape index (κ3) is 2.39. The van der Waals surface area contributed by atoms with Gasteiger partial charge in [0.15, 0.2) is 17.4 Å². The number of hydrogen-bond acceptors (Lipinski definition) is 2. The molecule has 14 heavy (non-hydrogen) atoms. The first-order valence-corrected chi connectivity index (χ1v) is 3.87. The van der Waals surface area contributed by atoms with E-state index in [1.54, 1.807) is 0 Å². The number of ketones is 1. The normalized spacial score (nSPS) is 10.8. The molecule has 0 fully saturated rings. The van der Waals surface area contributed by atoms with E-state index in [9.17, 15) is 13.6 Å². The van der Waals surface area contributed by atoms with Crippen molar-refractivity contribution in [3.05, 3.63) is 35.4 Å². The second-order valence-corrected chi connectivity index (χ2v) is 2.77. The second-order valence-electron chi connectivity index (χ2n) is 2.77. The molecule has 0 aliphatic carbocycles. The Morgan fingerprint density at radius 2 is 1.93 bits per heavy atom. The van der Waals surface area contributed by atoms with Crippen molar-refractivity contribution in [2.75, 3.05) is 0 Å². The number of phenolic OH excluding ortho intramolecular Hbond substituents is 1. The zero-order chi connectivity index (χ0) is 10.7. The SMILES string of the molecule is CC(=O)C=Cc1cc(F)c(F)cc1O. The van der Waals surface area contributed by atoms with Gasteiger partial charge in [-0.25, -0.2) is 8.78 Å². The lowest BCUT2D eigenvalue weighted by atomic mass is 10.1. The summed E-state index contributed by atoms with van der Waals surface area (Å²) >= 11 is 0. The van der Waals surface area contributed by atoms with E-state index in [0.29, 0.717) is 6.07 Å². The van der Waals surface area contributed by atoms with E-state index in [2.05, 4.69) is 0 Å². The number of carbonyl (C=O) groups excluding carboxylic acids is 1. The van der Waals surface area contributed by atoms with Gasteiger partial charge in [0.2, 0.25) is 0 Å². The number of phenols is 1. The lowest BCUT2D eigenvalue weighted by Crippen LogP contribution is -1.87. The van der Waals surface area contributed by atoms with Crippen LogP contribution < -0.4 is 0 Å². The lowest BCUT2D eigenvalue weighted by Gasteiger charge is -1.99. The van der Waals surface area contributed by atoms with Gasteiger partial charge in [0.1, 0.15) is 5.75 Å². The van der Waals surface area contributed by atoms with Crippen molar-refractivity contribution in [1.82, 2.24) is 0 Å². The van der Waals surface area contributed by atoms with Gasteiger partial charge >= 0.3 is 0 Å². The summed E-state index contributed by atoms with van der Waals surface area (Å²) in [6.07, 6.45) is 2.38. The van der Waals surface area contributed by atoms with Gasteiger partial charge in [-0.2, -0.15) is 0 Å². The Labute approximate surface area is 79.5 Å². The predicted octanol–water partition coefficient (Wildman–Crippen LogP) is 2.27. The molecular weight excluding hydrogens is 190 g/mol. The summed E-state index contributed by atoms with van der Waals surface area (Å²) in [6.45, 7) is 1.31. The zero-order valence-electron chi connectivity index (χ0n) is 7.42. The highest BCUT2D eigenvalue weighted by Crippen LogP contribution is 2.21. The Hall–Kier alpha value is -1.71. The number of aromatic hydroxyl groups is 1. The van der Waals surface area contributed by atoms with Crippen molar-refractivity contribution in [3.63, 3.8) is 0 Å². The molecule has 0 saturated carbocycles. The van der Waals surface area contributed by atoms with Gasteiger partial charge in [-0.3, -0.25) is 4.79 Å². The van der Waals surface area contributed by atoms with E-state index >= 15 is 0 Å². The molecule has 2 nitrogen and oxygen atoms in total. The molecule has 4 heteroatoms. The topological polar surface area (TPSA) is 37.3 Å². The van der Waals surface area contributed by atoms with E-state index in [0.717, 1.165) is 12.1 Å². The van der Waals surface area contributed by atoms with Gasteiger partial charge in [-0.15, -0.1) is 0 Å². The molecule has 1 N–H and O–H groups in total. The summed E-state index contributed by atoms with van der Waals surface area (Å²) in [5, 5.41) is 9.16. The average molecular weight is 198 g/mol. The van der Waals surface area contributed by atoms with Gasteiger partial charge in [0.25, 0.3) is 0 Å². The van der Waals surface area contributed by atoms with Crippen LogP contribution in [0.1, 0.15) is 12.5 Å². The van der Waals surface area contributed by atoms with Crippen molar-refractivity contribution in [2.24, 2.45) is 0 Å². The lowest BCUT2D eigenvalue weighted by molar-refractivity contribution is -0.112. The summed E-state index contributed by atoms with van der Waals surface area (Å²) in [5.74, 6) is -2.83. The fourth-order valence-electron chi connectivity index (χ4n) is 0.892. The molecule has 74 valence electrons. The molecule has 0 spiro atoms. The fraction of sp³-hybridized carbons (Fsp3) is 0.100. The van der Waals surface area contributed by atoms with E-state index < -0.39 is 17.4 Å². The monoisotopic (exact) mass is 198 g/mol. The minimum absolute atomic E-state index is 0.0686. The standard InChI is InChI=1S/C10H8F2O2/c1-6(13)2-3-7-4-8(11)9(12)5-10(7)14/h2-5,14H,1H3. The highest BCUT2D eigenvalue weighted by molar-refractivity contribution is 5.91. The summed E-state index contributed by atoms with van der Waals surface area (Å²) in [5.41, 5.74) is 0.0686. The Morgan fingerprint density at radius 3 is 2.50 bits per heavy atom. The van der Waals surface area contributed by atoms with Crippen LogP contribution in [0.4, 0.5) is 8.78 Å². The first kappa shape index (κ1) is 10.4. The molecular formula is C10H8F2O2. The molecule has 1 rings (SSSR count). The Morgan fingerprint density at radius 1 is 1.36 bits per heavy atom. The van der Waals surface area contributed by atoms with Gasteiger partial charge in [0, 0.05) is 11.6 Å². The van der Waals surface area contributed by atoms with Gasteiger partial charge in [-0.05, 0) is 25.1 Å². The maximum absolute atomic E-state index is 12.7. The quantitative estimate of drug-likeness (QED) is 0.740. The molecule has 0 aromatic heterocycles. The Bertz CT molecular complexity index is 397. The number of hydrogen-bond donors (Lipinski definition) is 1. The van der Waals surface area contributed by atoms with Gasteiger partial charge in [-0.1, -0.05) is 0 Å². The van der Waals surface area contributed by atoms with Crippen LogP contribution in [-0.2, 0) is 4.79 Å². The molecule has 1 aromatic rings. The first-order chi connectivity index (χ1) is 6.50. The molecule has 0 atom stereocenters. The van der Waals surface area contributed by atoms with Crippen molar-refractivity contribution in [1.29, 1.82) is 0 Å². The Balaban J connectivity index is 3.10. The number of benzene rings is 1. The minimum Gasteiger partial charge on any atom is -0.507 e. The molecule has 0 amide bonds. The summed E-state index contributed by atoms with van der Waals surface area (Å²) in [7, 11) is 0. The largest absolute Gasteiger partial charge is 0.507 e. The van der Waals surface area contributed by atoms with Crippen LogP contribution in [0.15, 0.2) is 18.2 Å². The van der Waals surface area contributed by atoms with Crippen LogP contribution in [0.3, 0.4) is 0 Å². The maximum Gasteiger partial charge on any atom is 0.162 e. The average Bonchev–Trinajstić information content (AvgIpc) is 2.09. The van der Waals surface area contributed by atoms with Crippen molar-refractivity contribution < 1.29 is 18.7 Å². The second kappa shape index (κ2) is 4.00. The highest BCUT2D eigenvalue weighted by atomic mass is 19.2. The van der Waals surface area contributed by atoms with Crippen molar-refractivity contribution in [3.8, 4) is 5.75 Å². The van der Waals surface area contributed by atoms with Crippen LogP contribution in [-0.4, -0.2) is 10.9 Å². The number of rotatable bonds is 2. The van der Waals surface area contributed by atoms with Crippen LogP contribution in [0.25, 0.3) is 6.08 Å². The van der Waals surface area contributed by atoms with Crippen LogP contribution in [0.2, 0.25) is 0 Å². The van der Waals surface area contributed by atoms with E-state index in [1.165, 1.54) is 13.0 Å². The molecule has 0 radical (unpaired) electrons. The Kier molecular flexibility index (Phi) is 2.96. The number of allylic oxidation sites excluding steroid dienone is 1. The smallest absolute Gasteiger partial charge is 0.162 e. The third-order valence-electron chi connectivity index (χ3n) is 1.57.